The molecular weight excluding hydrogens is 444 g/mol. The molecule has 9 heteroatoms. The summed E-state index contributed by atoms with van der Waals surface area (Å²) in [6.07, 6.45) is 0.886. The maximum Gasteiger partial charge on any atom is 0.276 e. The summed E-state index contributed by atoms with van der Waals surface area (Å²) in [5, 5.41) is 0. The van der Waals surface area contributed by atoms with Crippen LogP contribution in [-0.2, 0) is 21.1 Å². The van der Waals surface area contributed by atoms with Crippen LogP contribution in [-0.4, -0.2) is 32.6 Å². The first-order chi connectivity index (χ1) is 15.8. The number of carbonyl (C=O) groups excluding carboxylic acids is 3. The van der Waals surface area contributed by atoms with Gasteiger partial charge in [0.15, 0.2) is 12.4 Å². The Hall–Kier alpha value is -3.98. The molecule has 0 aromatic heterocycles. The minimum Gasteiger partial charge on any atom is -0.484 e. The highest BCUT2D eigenvalue weighted by Gasteiger charge is 2.35. The van der Waals surface area contributed by atoms with E-state index in [2.05, 4.69) is 10.9 Å². The lowest BCUT2D eigenvalue weighted by molar-refractivity contribution is -0.123. The summed E-state index contributed by atoms with van der Waals surface area (Å²) in [7, 11) is -3.97. The second-order valence-electron chi connectivity index (χ2n) is 7.33. The van der Waals surface area contributed by atoms with Crippen molar-refractivity contribution < 1.29 is 27.5 Å². The summed E-state index contributed by atoms with van der Waals surface area (Å²) in [5.74, 6) is -1.25. The second kappa shape index (κ2) is 8.87. The van der Waals surface area contributed by atoms with Crippen molar-refractivity contribution >= 4 is 27.4 Å². The highest BCUT2D eigenvalue weighted by Crippen LogP contribution is 2.34. The predicted molar refractivity (Wildman–Crippen MR) is 119 cm³/mol. The van der Waals surface area contributed by atoms with Crippen molar-refractivity contribution in [2.24, 2.45) is 0 Å². The summed E-state index contributed by atoms with van der Waals surface area (Å²) in [4.78, 5) is 36.8. The minimum atomic E-state index is -3.97. The fraction of sp³-hybridized carbons (Fsp3) is 0.125. The number of ketones is 1. The molecule has 168 valence electrons. The van der Waals surface area contributed by atoms with Gasteiger partial charge in [0.1, 0.15) is 5.75 Å². The SMILES string of the molecule is CCc1ccc(OCC(=O)NNC(=O)c2ccc3c(c2)S(=O)(=O)c2ccccc2C3=O)cc1. The fourth-order valence-electron chi connectivity index (χ4n) is 3.43. The number of ether oxygens (including phenoxy) is 1. The Labute approximate surface area is 190 Å². The van der Waals surface area contributed by atoms with E-state index in [0.29, 0.717) is 5.75 Å². The lowest BCUT2D eigenvalue weighted by Gasteiger charge is -2.19. The number of carbonyl (C=O) groups is 3. The third-order valence-electron chi connectivity index (χ3n) is 5.22. The molecule has 33 heavy (non-hydrogen) atoms. The van der Waals surface area contributed by atoms with Gasteiger partial charge in [0, 0.05) is 16.7 Å². The van der Waals surface area contributed by atoms with E-state index in [1.807, 2.05) is 19.1 Å². The molecule has 1 aliphatic heterocycles. The molecule has 3 aromatic carbocycles. The largest absolute Gasteiger partial charge is 0.484 e. The van der Waals surface area contributed by atoms with Crippen molar-refractivity contribution in [2.45, 2.75) is 23.1 Å². The molecule has 2 N–H and O–H groups in total. The topological polar surface area (TPSA) is 119 Å². The van der Waals surface area contributed by atoms with Crippen molar-refractivity contribution in [3.8, 4) is 5.75 Å². The molecule has 0 atom stereocenters. The molecule has 3 aromatic rings. The van der Waals surface area contributed by atoms with Crippen molar-refractivity contribution in [1.29, 1.82) is 0 Å². The lowest BCUT2D eigenvalue weighted by atomic mass is 10.0. The van der Waals surface area contributed by atoms with Gasteiger partial charge in [0.25, 0.3) is 11.8 Å². The first-order valence-electron chi connectivity index (χ1n) is 10.1. The van der Waals surface area contributed by atoms with E-state index in [-0.39, 0.29) is 33.1 Å². The number of amides is 2. The van der Waals surface area contributed by atoms with Crippen LogP contribution in [0.4, 0.5) is 0 Å². The Morgan fingerprint density at radius 1 is 0.879 bits per heavy atom. The Balaban J connectivity index is 1.43. The van der Waals surface area contributed by atoms with Crippen LogP contribution >= 0.6 is 0 Å². The zero-order valence-electron chi connectivity index (χ0n) is 17.6. The summed E-state index contributed by atoms with van der Waals surface area (Å²) in [5.41, 5.74) is 5.64. The van der Waals surface area contributed by atoms with E-state index in [9.17, 15) is 22.8 Å². The molecule has 0 fully saturated rings. The number of aryl methyl sites for hydroxylation is 1. The molecule has 0 radical (unpaired) electrons. The first kappa shape index (κ1) is 22.2. The van der Waals surface area contributed by atoms with Crippen molar-refractivity contribution in [2.75, 3.05) is 6.61 Å². The minimum absolute atomic E-state index is 0.00298. The Morgan fingerprint density at radius 2 is 1.58 bits per heavy atom. The Morgan fingerprint density at radius 3 is 2.30 bits per heavy atom. The predicted octanol–water partition coefficient (Wildman–Crippen LogP) is 2.47. The van der Waals surface area contributed by atoms with Gasteiger partial charge in [0.2, 0.25) is 9.84 Å². The van der Waals surface area contributed by atoms with Gasteiger partial charge < -0.3 is 4.74 Å². The van der Waals surface area contributed by atoms with Gasteiger partial charge in [0.05, 0.1) is 9.79 Å². The maximum atomic E-state index is 13.0. The van der Waals surface area contributed by atoms with Crippen LogP contribution in [0.1, 0.15) is 38.8 Å². The van der Waals surface area contributed by atoms with Crippen LogP contribution in [0.15, 0.2) is 76.5 Å². The number of rotatable bonds is 5. The van der Waals surface area contributed by atoms with Gasteiger partial charge in [-0.1, -0.05) is 31.2 Å². The molecule has 0 bridgehead atoms. The normalized spacial score (nSPS) is 13.4. The molecule has 8 nitrogen and oxygen atoms in total. The van der Waals surface area contributed by atoms with Gasteiger partial charge >= 0.3 is 0 Å². The van der Waals surface area contributed by atoms with Gasteiger partial charge in [-0.2, -0.15) is 0 Å². The number of hydrazine groups is 1. The lowest BCUT2D eigenvalue weighted by Crippen LogP contribution is -2.43. The average molecular weight is 464 g/mol. The molecular formula is C24H20N2O6S. The molecule has 4 rings (SSSR count). The summed E-state index contributed by atoms with van der Waals surface area (Å²) < 4.78 is 31.3. The van der Waals surface area contributed by atoms with Crippen LogP contribution in [0.2, 0.25) is 0 Å². The molecule has 0 spiro atoms. The molecule has 0 saturated carbocycles. The number of sulfone groups is 1. The zero-order chi connectivity index (χ0) is 23.6. The molecule has 0 aliphatic carbocycles. The maximum absolute atomic E-state index is 13.0. The third-order valence-corrected chi connectivity index (χ3v) is 7.07. The van der Waals surface area contributed by atoms with Crippen molar-refractivity contribution in [3.63, 3.8) is 0 Å². The van der Waals surface area contributed by atoms with E-state index < -0.39 is 27.4 Å². The Bertz CT molecular complexity index is 1360. The average Bonchev–Trinajstić information content (AvgIpc) is 2.84. The first-order valence-corrected chi connectivity index (χ1v) is 11.6. The molecule has 2 amide bonds. The van der Waals surface area contributed by atoms with Gasteiger partial charge in [-0.25, -0.2) is 8.42 Å². The van der Waals surface area contributed by atoms with Crippen molar-refractivity contribution in [3.05, 3.63) is 89.0 Å². The summed E-state index contributed by atoms with van der Waals surface area (Å²) in [6.45, 7) is 1.70. The van der Waals surface area contributed by atoms with Crippen LogP contribution in [0.5, 0.6) is 5.75 Å². The molecule has 0 unspecified atom stereocenters. The van der Waals surface area contributed by atoms with Gasteiger partial charge in [-0.15, -0.1) is 0 Å². The van der Waals surface area contributed by atoms with E-state index in [1.165, 1.54) is 30.3 Å². The second-order valence-corrected chi connectivity index (χ2v) is 9.21. The van der Waals surface area contributed by atoms with E-state index in [1.54, 1.807) is 18.2 Å². The van der Waals surface area contributed by atoms with Crippen LogP contribution in [0.25, 0.3) is 0 Å². The van der Waals surface area contributed by atoms with E-state index in [0.717, 1.165) is 18.1 Å². The molecule has 1 aliphatic rings. The van der Waals surface area contributed by atoms with Gasteiger partial charge in [-0.3, -0.25) is 25.2 Å². The van der Waals surface area contributed by atoms with E-state index in [4.69, 9.17) is 4.74 Å². The number of hydrogen-bond donors (Lipinski definition) is 2. The highest BCUT2D eigenvalue weighted by molar-refractivity contribution is 7.91. The monoisotopic (exact) mass is 464 g/mol. The quantitative estimate of drug-likeness (QED) is 0.438. The number of fused-ring (bicyclic) bond motifs is 2. The highest BCUT2D eigenvalue weighted by atomic mass is 32.2. The molecule has 1 heterocycles. The number of benzene rings is 3. The summed E-state index contributed by atoms with van der Waals surface area (Å²) >= 11 is 0. The fourth-order valence-corrected chi connectivity index (χ4v) is 5.11. The zero-order valence-corrected chi connectivity index (χ0v) is 18.4. The molecule has 0 saturated heterocycles. The Kier molecular flexibility index (Phi) is 5.97. The number of hydrogen-bond acceptors (Lipinski definition) is 6. The smallest absolute Gasteiger partial charge is 0.276 e. The van der Waals surface area contributed by atoms with Gasteiger partial charge in [-0.05, 0) is 54.4 Å². The number of nitrogens with one attached hydrogen (secondary N) is 2. The standard InChI is InChI=1S/C24H20N2O6S/c1-2-15-7-10-17(11-8-15)32-14-22(27)25-26-24(29)16-9-12-19-21(13-16)33(30,31)20-6-4-3-5-18(20)23(19)28/h3-13H,2,14H2,1H3,(H,25,27)(H,26,29). The van der Waals surface area contributed by atoms with E-state index >= 15 is 0 Å². The van der Waals surface area contributed by atoms with Crippen molar-refractivity contribution in [1.82, 2.24) is 10.9 Å². The third kappa shape index (κ3) is 4.35. The van der Waals surface area contributed by atoms with Crippen LogP contribution < -0.4 is 15.6 Å². The summed E-state index contributed by atoms with van der Waals surface area (Å²) in [6, 6.07) is 17.0. The van der Waals surface area contributed by atoms with Crippen LogP contribution in [0.3, 0.4) is 0 Å². The van der Waals surface area contributed by atoms with Crippen LogP contribution in [0, 0.1) is 0 Å².